The van der Waals surface area contributed by atoms with Crippen LogP contribution in [-0.4, -0.2) is 24.0 Å². The van der Waals surface area contributed by atoms with Gasteiger partial charge in [-0.2, -0.15) is 31.8 Å². The summed E-state index contributed by atoms with van der Waals surface area (Å²) in [4.78, 5) is 9.64. The minimum absolute atomic E-state index is 0.264. The molecule has 0 bridgehead atoms. The van der Waals surface area contributed by atoms with E-state index in [0.29, 0.717) is 12.3 Å². The standard InChI is InChI=1S/C6H8F6N2O2/c1-2-4(7,8)5(9,10)6(11,12)14-13-3(15)16/h13-14H,2H2,1H3,(H,15,16)/p-1. The molecule has 4 nitrogen and oxygen atoms in total. The van der Waals surface area contributed by atoms with Gasteiger partial charge in [0, 0.05) is 6.42 Å². The predicted molar refractivity (Wildman–Crippen MR) is 36.8 cm³/mol. The summed E-state index contributed by atoms with van der Waals surface area (Å²) in [7, 11) is 0. The number of carbonyl (C=O) groups excluding carboxylic acids is 1. The number of carboxylic acid groups (broad SMARTS) is 1. The zero-order chi connectivity index (χ0) is 13.2. The maximum atomic E-state index is 12.6. The Balaban J connectivity index is 4.90. The number of hydrazine groups is 1. The van der Waals surface area contributed by atoms with Crippen LogP contribution >= 0.6 is 0 Å². The molecule has 0 heterocycles. The first-order valence-corrected chi connectivity index (χ1v) is 3.85. The molecule has 0 rings (SSSR count). The maximum absolute atomic E-state index is 12.6. The molecule has 0 aliphatic heterocycles. The third-order valence-electron chi connectivity index (χ3n) is 1.62. The number of carbonyl (C=O) groups is 1. The second kappa shape index (κ2) is 4.36. The predicted octanol–water partition coefficient (Wildman–Crippen LogP) is 0.697. The van der Waals surface area contributed by atoms with Gasteiger partial charge in [-0.25, -0.2) is 0 Å². The van der Waals surface area contributed by atoms with Gasteiger partial charge in [-0.3, -0.25) is 0 Å². The van der Waals surface area contributed by atoms with Crippen molar-refractivity contribution in [3.05, 3.63) is 0 Å². The van der Waals surface area contributed by atoms with Gasteiger partial charge in [-0.1, -0.05) is 6.92 Å². The molecule has 0 aliphatic carbocycles. The van der Waals surface area contributed by atoms with Crippen LogP contribution < -0.4 is 16.0 Å². The third kappa shape index (κ3) is 2.68. The molecule has 10 heteroatoms. The first-order chi connectivity index (χ1) is 6.98. The lowest BCUT2D eigenvalue weighted by atomic mass is 10.1. The van der Waals surface area contributed by atoms with Crippen molar-refractivity contribution in [2.45, 2.75) is 31.2 Å². The Morgan fingerprint density at radius 1 is 1.19 bits per heavy atom. The van der Waals surface area contributed by atoms with Crippen LogP contribution in [0.2, 0.25) is 0 Å². The zero-order valence-electron chi connectivity index (χ0n) is 7.79. The fourth-order valence-corrected chi connectivity index (χ4v) is 0.660. The molecule has 0 aromatic heterocycles. The average molecular weight is 253 g/mol. The largest absolute Gasteiger partial charge is 0.529 e. The van der Waals surface area contributed by atoms with E-state index in [2.05, 4.69) is 0 Å². The first-order valence-electron chi connectivity index (χ1n) is 3.85. The molecule has 2 N–H and O–H groups in total. The second-order valence-corrected chi connectivity index (χ2v) is 2.74. The maximum Gasteiger partial charge on any atom is 0.387 e. The summed E-state index contributed by atoms with van der Waals surface area (Å²) in [6.07, 6.45) is -3.90. The van der Waals surface area contributed by atoms with Gasteiger partial charge in [0.2, 0.25) is 0 Å². The monoisotopic (exact) mass is 253 g/mol. The van der Waals surface area contributed by atoms with Crippen molar-refractivity contribution in [2.75, 3.05) is 0 Å². The fraction of sp³-hybridized carbons (Fsp3) is 0.833. The molecule has 0 unspecified atom stereocenters. The second-order valence-electron chi connectivity index (χ2n) is 2.74. The van der Waals surface area contributed by atoms with Crippen LogP contribution in [0.5, 0.6) is 0 Å². The highest BCUT2D eigenvalue weighted by Crippen LogP contribution is 2.45. The summed E-state index contributed by atoms with van der Waals surface area (Å²) in [5.41, 5.74) is 0.844. The van der Waals surface area contributed by atoms with Gasteiger partial charge in [0.1, 0.15) is 6.09 Å². The number of alkyl halides is 6. The van der Waals surface area contributed by atoms with Crippen LogP contribution in [0.1, 0.15) is 13.3 Å². The molecule has 0 atom stereocenters. The van der Waals surface area contributed by atoms with Crippen LogP contribution in [0.15, 0.2) is 0 Å². The molecule has 0 aromatic rings. The van der Waals surface area contributed by atoms with E-state index in [0.717, 1.165) is 0 Å². The summed E-state index contributed by atoms with van der Waals surface area (Å²) in [5, 5.41) is 9.64. The van der Waals surface area contributed by atoms with Gasteiger partial charge in [-0.05, 0) is 0 Å². The number of rotatable bonds is 5. The van der Waals surface area contributed by atoms with Crippen LogP contribution in [0.25, 0.3) is 0 Å². The van der Waals surface area contributed by atoms with Crippen molar-refractivity contribution in [2.24, 2.45) is 0 Å². The molecule has 96 valence electrons. The van der Waals surface area contributed by atoms with E-state index in [1.165, 1.54) is 0 Å². The third-order valence-corrected chi connectivity index (χ3v) is 1.62. The Labute approximate surface area is 85.6 Å². The van der Waals surface area contributed by atoms with Crippen LogP contribution in [0.4, 0.5) is 31.1 Å². The molecule has 0 saturated heterocycles. The number of hydrogen-bond donors (Lipinski definition) is 2. The molecule has 0 spiro atoms. The topological polar surface area (TPSA) is 64.2 Å². The summed E-state index contributed by atoms with van der Waals surface area (Å²) in [6.45, 7) is 0.580. The van der Waals surface area contributed by atoms with Gasteiger partial charge in [0.25, 0.3) is 0 Å². The lowest BCUT2D eigenvalue weighted by molar-refractivity contribution is -0.325. The fourth-order valence-electron chi connectivity index (χ4n) is 0.660. The highest BCUT2D eigenvalue weighted by molar-refractivity contribution is 5.61. The van der Waals surface area contributed by atoms with Crippen molar-refractivity contribution in [1.82, 2.24) is 10.9 Å². The van der Waals surface area contributed by atoms with E-state index in [-0.39, 0.29) is 5.43 Å². The highest BCUT2D eigenvalue weighted by Gasteiger charge is 2.70. The Morgan fingerprint density at radius 2 is 1.62 bits per heavy atom. The highest BCUT2D eigenvalue weighted by atomic mass is 19.3. The number of hydrogen-bond acceptors (Lipinski definition) is 3. The van der Waals surface area contributed by atoms with Gasteiger partial charge in [0.05, 0.1) is 0 Å². The van der Waals surface area contributed by atoms with Gasteiger partial charge in [0.15, 0.2) is 0 Å². The van der Waals surface area contributed by atoms with Crippen molar-refractivity contribution in [3.8, 4) is 0 Å². The van der Waals surface area contributed by atoms with Crippen LogP contribution in [-0.2, 0) is 0 Å². The molecule has 16 heavy (non-hydrogen) atoms. The minimum atomic E-state index is -5.75. The van der Waals surface area contributed by atoms with E-state index < -0.39 is 30.4 Å². The summed E-state index contributed by atoms with van der Waals surface area (Å²) >= 11 is 0. The molecular formula is C6H7F6N2O2-. The van der Waals surface area contributed by atoms with E-state index in [4.69, 9.17) is 0 Å². The lowest BCUT2D eigenvalue weighted by Gasteiger charge is -2.32. The first kappa shape index (κ1) is 14.8. The van der Waals surface area contributed by atoms with E-state index in [1.54, 1.807) is 0 Å². The van der Waals surface area contributed by atoms with Crippen molar-refractivity contribution in [1.29, 1.82) is 0 Å². The van der Waals surface area contributed by atoms with E-state index in [9.17, 15) is 36.2 Å². The van der Waals surface area contributed by atoms with Gasteiger partial charge in [-0.15, -0.1) is 0 Å². The van der Waals surface area contributed by atoms with E-state index >= 15 is 0 Å². The van der Waals surface area contributed by atoms with Gasteiger partial charge >= 0.3 is 17.9 Å². The number of amides is 1. The molecule has 0 fully saturated rings. The molecular weight excluding hydrogens is 246 g/mol. The molecule has 0 aromatic carbocycles. The number of nitrogens with one attached hydrogen (secondary N) is 2. The molecule has 0 radical (unpaired) electrons. The SMILES string of the molecule is CCC(F)(F)C(F)(F)C(F)(F)NNC(=O)[O-]. The molecule has 0 aliphatic rings. The Kier molecular flexibility index (Phi) is 4.03. The molecule has 1 amide bonds. The Morgan fingerprint density at radius 3 is 1.94 bits per heavy atom. The van der Waals surface area contributed by atoms with Crippen molar-refractivity contribution in [3.63, 3.8) is 0 Å². The Hall–Kier alpha value is -1.19. The molecule has 0 saturated carbocycles. The number of halogens is 6. The normalized spacial score (nSPS) is 13.7. The van der Waals surface area contributed by atoms with Crippen molar-refractivity contribution < 1.29 is 36.2 Å². The van der Waals surface area contributed by atoms with Crippen LogP contribution in [0, 0.1) is 0 Å². The Bertz CT molecular complexity index is 270. The van der Waals surface area contributed by atoms with Crippen molar-refractivity contribution >= 4 is 6.09 Å². The minimum Gasteiger partial charge on any atom is -0.529 e. The zero-order valence-corrected chi connectivity index (χ0v) is 7.79. The smallest absolute Gasteiger partial charge is 0.387 e. The quantitative estimate of drug-likeness (QED) is 0.430. The van der Waals surface area contributed by atoms with E-state index in [1.807, 2.05) is 0 Å². The summed E-state index contributed by atoms with van der Waals surface area (Å²) in [6, 6.07) is -5.45. The summed E-state index contributed by atoms with van der Waals surface area (Å²) < 4.78 is 75.3. The lowest BCUT2D eigenvalue weighted by Crippen LogP contribution is -2.65. The summed E-state index contributed by atoms with van der Waals surface area (Å²) in [5.74, 6) is -10.7. The van der Waals surface area contributed by atoms with Gasteiger partial charge < -0.3 is 15.3 Å². The average Bonchev–Trinajstić information content (AvgIpc) is 2.14. The van der Waals surface area contributed by atoms with Crippen LogP contribution in [0.3, 0.4) is 0 Å².